The van der Waals surface area contributed by atoms with Crippen LogP contribution in [0.4, 0.5) is 0 Å². The van der Waals surface area contributed by atoms with Crippen LogP contribution in [0.5, 0.6) is 0 Å². The van der Waals surface area contributed by atoms with E-state index in [0.717, 1.165) is 37.5 Å². The summed E-state index contributed by atoms with van der Waals surface area (Å²) >= 11 is 0. The Kier molecular flexibility index (Phi) is 4.80. The van der Waals surface area contributed by atoms with E-state index >= 15 is 0 Å². The topological polar surface area (TPSA) is 43.4 Å². The summed E-state index contributed by atoms with van der Waals surface area (Å²) in [7, 11) is 0. The zero-order valence-electron chi connectivity index (χ0n) is 19.5. The third-order valence-corrected chi connectivity index (χ3v) is 11.0. The van der Waals surface area contributed by atoms with Gasteiger partial charge in [0.2, 0.25) is 0 Å². The molecule has 4 fully saturated rings. The normalized spacial score (nSPS) is 49.7. The van der Waals surface area contributed by atoms with Crippen LogP contribution in [0.15, 0.2) is 11.6 Å². The third-order valence-electron chi connectivity index (χ3n) is 11.0. The fourth-order valence-corrected chi connectivity index (χ4v) is 9.76. The zero-order chi connectivity index (χ0) is 21.3. The molecule has 30 heavy (non-hydrogen) atoms. The van der Waals surface area contributed by atoms with Crippen molar-refractivity contribution in [3.05, 3.63) is 11.6 Å². The van der Waals surface area contributed by atoms with E-state index < -0.39 is 0 Å². The van der Waals surface area contributed by atoms with Crippen LogP contribution < -0.4 is 0 Å². The van der Waals surface area contributed by atoms with Crippen LogP contribution >= 0.6 is 0 Å². The third kappa shape index (κ3) is 2.62. The number of allylic oxidation sites excluding steroid dienone is 1. The van der Waals surface area contributed by atoms with Crippen molar-refractivity contribution in [1.82, 2.24) is 0 Å². The molecule has 0 amide bonds. The molecule has 0 spiro atoms. The first-order chi connectivity index (χ1) is 14.2. The standard InChI is InChI=1S/C27H40O3/c1-17(28)27-12-6-5-7-20(27)16-24-22-9-8-19-15-21(30-18(2)29)10-13-25(19,3)23(22)11-14-26(24,27)4/h8,20-24H,5-7,9-16H2,1-4H3/t20?,21-,22-,23?,24?,25+,26+,27+/m1/s1. The molecule has 0 heterocycles. The first kappa shape index (κ1) is 20.8. The van der Waals surface area contributed by atoms with E-state index in [2.05, 4.69) is 19.9 Å². The lowest BCUT2D eigenvalue weighted by Gasteiger charge is -2.60. The first-order valence-electron chi connectivity index (χ1n) is 12.6. The van der Waals surface area contributed by atoms with Crippen molar-refractivity contribution < 1.29 is 14.3 Å². The molecule has 0 N–H and O–H groups in total. The number of carbonyl (C=O) groups excluding carboxylic acids is 2. The minimum atomic E-state index is -0.144. The molecule has 5 aliphatic carbocycles. The van der Waals surface area contributed by atoms with Crippen LogP contribution in [0.2, 0.25) is 0 Å². The number of hydrogen-bond acceptors (Lipinski definition) is 3. The molecular formula is C27H40O3. The number of esters is 1. The van der Waals surface area contributed by atoms with Gasteiger partial charge < -0.3 is 4.74 Å². The van der Waals surface area contributed by atoms with Crippen molar-refractivity contribution in [2.24, 2.45) is 39.9 Å². The van der Waals surface area contributed by atoms with E-state index in [4.69, 9.17) is 4.74 Å². The Labute approximate surface area is 182 Å². The first-order valence-corrected chi connectivity index (χ1v) is 12.6. The Morgan fingerprint density at radius 2 is 1.80 bits per heavy atom. The van der Waals surface area contributed by atoms with E-state index in [1.807, 2.05) is 6.92 Å². The van der Waals surface area contributed by atoms with Gasteiger partial charge in [0.05, 0.1) is 0 Å². The Morgan fingerprint density at radius 3 is 2.53 bits per heavy atom. The highest BCUT2D eigenvalue weighted by atomic mass is 16.5. The average Bonchev–Trinajstić information content (AvgIpc) is 2.98. The maximum absolute atomic E-state index is 13.2. The predicted molar refractivity (Wildman–Crippen MR) is 118 cm³/mol. The van der Waals surface area contributed by atoms with Gasteiger partial charge >= 0.3 is 5.97 Å². The molecule has 0 aromatic heterocycles. The van der Waals surface area contributed by atoms with Crippen molar-refractivity contribution in [1.29, 1.82) is 0 Å². The van der Waals surface area contributed by atoms with Gasteiger partial charge in [0.15, 0.2) is 0 Å². The fourth-order valence-electron chi connectivity index (χ4n) is 9.76. The molecule has 0 bridgehead atoms. The second kappa shape index (κ2) is 6.94. The summed E-state index contributed by atoms with van der Waals surface area (Å²) < 4.78 is 5.59. The van der Waals surface area contributed by atoms with Crippen LogP contribution in [0.1, 0.15) is 98.3 Å². The summed E-state index contributed by atoms with van der Waals surface area (Å²) in [5, 5.41) is 0. The van der Waals surface area contributed by atoms with Gasteiger partial charge in [0.1, 0.15) is 11.9 Å². The van der Waals surface area contributed by atoms with Crippen molar-refractivity contribution >= 4 is 11.8 Å². The van der Waals surface area contributed by atoms with Gasteiger partial charge in [0, 0.05) is 18.8 Å². The molecule has 3 nitrogen and oxygen atoms in total. The molecule has 0 radical (unpaired) electrons. The maximum Gasteiger partial charge on any atom is 0.302 e. The number of rotatable bonds is 2. The number of hydrogen-bond donors (Lipinski definition) is 0. The average molecular weight is 413 g/mol. The maximum atomic E-state index is 13.2. The molecular weight excluding hydrogens is 372 g/mol. The number of ketones is 1. The highest BCUT2D eigenvalue weighted by molar-refractivity contribution is 5.84. The van der Waals surface area contributed by atoms with Gasteiger partial charge in [-0.05, 0) is 92.8 Å². The fraction of sp³-hybridized carbons (Fsp3) is 0.852. The van der Waals surface area contributed by atoms with Gasteiger partial charge in [-0.2, -0.15) is 0 Å². The number of Topliss-reactive ketones (excluding diaryl/α,β-unsaturated/α-hetero) is 1. The van der Waals surface area contributed by atoms with E-state index in [-0.39, 0.29) is 28.3 Å². The monoisotopic (exact) mass is 412 g/mol. The summed E-state index contributed by atoms with van der Waals surface area (Å²) in [5.41, 5.74) is 1.97. The Hall–Kier alpha value is -1.12. The van der Waals surface area contributed by atoms with E-state index in [0.29, 0.717) is 17.6 Å². The van der Waals surface area contributed by atoms with Crippen LogP contribution in [0.25, 0.3) is 0 Å². The molecule has 5 aliphatic rings. The van der Waals surface area contributed by atoms with Crippen LogP contribution in [-0.2, 0) is 14.3 Å². The smallest absolute Gasteiger partial charge is 0.302 e. The Morgan fingerprint density at radius 1 is 1.00 bits per heavy atom. The second-order valence-corrected chi connectivity index (χ2v) is 11.9. The highest BCUT2D eigenvalue weighted by Gasteiger charge is 2.68. The highest BCUT2D eigenvalue weighted by Crippen LogP contribution is 2.73. The molecule has 8 atom stereocenters. The van der Waals surface area contributed by atoms with Crippen LogP contribution in [0.3, 0.4) is 0 Å². The molecule has 5 rings (SSSR count). The minimum absolute atomic E-state index is 0.0429. The summed E-state index contributed by atoms with van der Waals surface area (Å²) in [6.07, 6.45) is 15.6. The summed E-state index contributed by atoms with van der Waals surface area (Å²) in [6.45, 7) is 8.46. The van der Waals surface area contributed by atoms with E-state index in [1.54, 1.807) is 5.57 Å². The number of fused-ring (bicyclic) bond motifs is 7. The minimum Gasteiger partial charge on any atom is -0.462 e. The van der Waals surface area contributed by atoms with Crippen molar-refractivity contribution in [2.45, 2.75) is 104 Å². The van der Waals surface area contributed by atoms with Gasteiger partial charge in [-0.25, -0.2) is 0 Å². The zero-order valence-corrected chi connectivity index (χ0v) is 19.5. The quantitative estimate of drug-likeness (QED) is 0.397. The molecule has 3 heteroatoms. The lowest BCUT2D eigenvalue weighted by molar-refractivity contribution is -0.151. The van der Waals surface area contributed by atoms with Crippen molar-refractivity contribution in [3.8, 4) is 0 Å². The SMILES string of the molecule is CC(=O)O[C@@H]1CC[C@@]2(C)C(=CC[C@@H]3C2CC[C@@]2(C)C3CC3CCCC[C@]32C(C)=O)C1. The summed E-state index contributed by atoms with van der Waals surface area (Å²) in [6, 6.07) is 0. The molecule has 0 aliphatic heterocycles. The predicted octanol–water partition coefficient (Wildman–Crippen LogP) is 6.26. The molecule has 0 aromatic carbocycles. The number of carbonyl (C=O) groups is 2. The van der Waals surface area contributed by atoms with E-state index in [1.165, 1.54) is 51.9 Å². The van der Waals surface area contributed by atoms with Gasteiger partial charge in [0.25, 0.3) is 0 Å². The Balaban J connectivity index is 1.46. The lowest BCUT2D eigenvalue weighted by Crippen LogP contribution is -2.55. The lowest BCUT2D eigenvalue weighted by atomic mass is 9.44. The van der Waals surface area contributed by atoms with Gasteiger partial charge in [-0.1, -0.05) is 38.3 Å². The molecule has 0 saturated heterocycles. The summed E-state index contributed by atoms with van der Waals surface area (Å²) in [5.74, 6) is 3.13. The van der Waals surface area contributed by atoms with Crippen molar-refractivity contribution in [3.63, 3.8) is 0 Å². The Bertz CT molecular complexity index is 783. The molecule has 4 saturated carbocycles. The van der Waals surface area contributed by atoms with Gasteiger partial charge in [-0.15, -0.1) is 0 Å². The van der Waals surface area contributed by atoms with Gasteiger partial charge in [-0.3, -0.25) is 9.59 Å². The van der Waals surface area contributed by atoms with E-state index in [9.17, 15) is 9.59 Å². The summed E-state index contributed by atoms with van der Waals surface area (Å²) in [4.78, 5) is 24.7. The largest absolute Gasteiger partial charge is 0.462 e. The molecule has 3 unspecified atom stereocenters. The molecule has 166 valence electrons. The second-order valence-electron chi connectivity index (χ2n) is 11.9. The van der Waals surface area contributed by atoms with Crippen LogP contribution in [-0.4, -0.2) is 17.9 Å². The number of ether oxygens (including phenoxy) is 1. The van der Waals surface area contributed by atoms with Crippen molar-refractivity contribution in [2.75, 3.05) is 0 Å². The van der Waals surface area contributed by atoms with Crippen LogP contribution in [0, 0.1) is 39.9 Å². The molecule has 0 aromatic rings.